The van der Waals surface area contributed by atoms with Crippen molar-refractivity contribution < 1.29 is 19.1 Å². The number of hydrogen-bond acceptors (Lipinski definition) is 6. The second-order valence-electron chi connectivity index (χ2n) is 7.45. The lowest BCUT2D eigenvalue weighted by molar-refractivity contribution is -0.119. The molecule has 0 aliphatic heterocycles. The number of primary amides is 1. The molecule has 1 aromatic heterocycles. The molecule has 0 atom stereocenters. The molecule has 8 nitrogen and oxygen atoms in total. The summed E-state index contributed by atoms with van der Waals surface area (Å²) in [6, 6.07) is 14.9. The van der Waals surface area contributed by atoms with Crippen molar-refractivity contribution in [3.05, 3.63) is 65.0 Å². The lowest BCUT2D eigenvalue weighted by Gasteiger charge is -2.06. The van der Waals surface area contributed by atoms with Crippen LogP contribution in [0.15, 0.2) is 53.9 Å². The Labute approximate surface area is 196 Å². The number of aromatic nitrogens is 1. The molecule has 33 heavy (non-hydrogen) atoms. The van der Waals surface area contributed by atoms with Crippen molar-refractivity contribution in [2.45, 2.75) is 26.2 Å². The first-order chi connectivity index (χ1) is 15.9. The average Bonchev–Trinajstić information content (AvgIpc) is 3.24. The minimum Gasteiger partial charge on any atom is -0.484 e. The van der Waals surface area contributed by atoms with E-state index in [9.17, 15) is 14.4 Å². The van der Waals surface area contributed by atoms with Gasteiger partial charge in [0, 0.05) is 24.4 Å². The van der Waals surface area contributed by atoms with Gasteiger partial charge in [0.05, 0.1) is 12.1 Å². The molecule has 0 radical (unpaired) electrons. The van der Waals surface area contributed by atoms with E-state index < -0.39 is 5.91 Å². The second-order valence-corrected chi connectivity index (χ2v) is 8.30. The summed E-state index contributed by atoms with van der Waals surface area (Å²) in [5, 5.41) is 7.92. The third-order valence-electron chi connectivity index (χ3n) is 4.69. The molecule has 0 aliphatic carbocycles. The first kappa shape index (κ1) is 23.9. The molecule has 0 saturated carbocycles. The Balaban J connectivity index is 1.46. The highest BCUT2D eigenvalue weighted by Gasteiger charge is 2.09. The number of amides is 3. The summed E-state index contributed by atoms with van der Waals surface area (Å²) in [7, 11) is 0. The number of carbonyl (C=O) groups is 3. The van der Waals surface area contributed by atoms with E-state index in [0.29, 0.717) is 17.4 Å². The van der Waals surface area contributed by atoms with Crippen LogP contribution in [0.4, 0.5) is 5.13 Å². The van der Waals surface area contributed by atoms with Gasteiger partial charge in [0.2, 0.25) is 11.8 Å². The van der Waals surface area contributed by atoms with Crippen LogP contribution in [0, 0.1) is 0 Å². The molecule has 0 aliphatic rings. The van der Waals surface area contributed by atoms with Crippen LogP contribution in [0.3, 0.4) is 0 Å². The highest BCUT2D eigenvalue weighted by atomic mass is 32.1. The molecule has 3 amide bonds. The maximum absolute atomic E-state index is 12.2. The Hall–Kier alpha value is -3.72. The summed E-state index contributed by atoms with van der Waals surface area (Å²) >= 11 is 1.34. The fourth-order valence-corrected chi connectivity index (χ4v) is 3.81. The first-order valence-electron chi connectivity index (χ1n) is 10.5. The topological polar surface area (TPSA) is 123 Å². The largest absolute Gasteiger partial charge is 0.484 e. The SMILES string of the molecule is CC(=O)NCCCc1ccc(-c2csc(NC(=O)COc3ccc(CC(N)=O)cc3)n2)cc1. The van der Waals surface area contributed by atoms with E-state index in [4.69, 9.17) is 10.5 Å². The molecule has 9 heteroatoms. The van der Waals surface area contributed by atoms with Gasteiger partial charge >= 0.3 is 0 Å². The summed E-state index contributed by atoms with van der Waals surface area (Å²) in [6.07, 6.45) is 1.92. The van der Waals surface area contributed by atoms with Crippen molar-refractivity contribution in [1.82, 2.24) is 10.3 Å². The molecular weight excluding hydrogens is 440 g/mol. The Morgan fingerprint density at radius 1 is 1.03 bits per heavy atom. The number of nitrogens with zero attached hydrogens (tertiary/aromatic N) is 1. The maximum Gasteiger partial charge on any atom is 0.264 e. The van der Waals surface area contributed by atoms with Gasteiger partial charge in [-0.2, -0.15) is 0 Å². The van der Waals surface area contributed by atoms with Gasteiger partial charge < -0.3 is 15.8 Å². The molecular formula is C24H26N4O4S. The van der Waals surface area contributed by atoms with E-state index in [-0.39, 0.29) is 24.8 Å². The predicted molar refractivity (Wildman–Crippen MR) is 128 cm³/mol. The van der Waals surface area contributed by atoms with Crippen LogP contribution in [0.1, 0.15) is 24.5 Å². The molecule has 3 aromatic rings. The van der Waals surface area contributed by atoms with E-state index in [1.165, 1.54) is 23.8 Å². The van der Waals surface area contributed by atoms with Gasteiger partial charge in [-0.1, -0.05) is 36.4 Å². The van der Waals surface area contributed by atoms with E-state index in [1.54, 1.807) is 24.3 Å². The zero-order chi connectivity index (χ0) is 23.6. The van der Waals surface area contributed by atoms with Gasteiger partial charge in [-0.3, -0.25) is 19.7 Å². The van der Waals surface area contributed by atoms with Crippen LogP contribution in [-0.2, 0) is 27.2 Å². The fraction of sp³-hybridized carbons (Fsp3) is 0.250. The minimum atomic E-state index is -0.402. The lowest BCUT2D eigenvalue weighted by Crippen LogP contribution is -2.21. The molecule has 172 valence electrons. The third kappa shape index (κ3) is 8.04. The molecule has 0 spiro atoms. The number of anilines is 1. The Morgan fingerprint density at radius 2 is 1.73 bits per heavy atom. The van der Waals surface area contributed by atoms with Crippen LogP contribution in [0.25, 0.3) is 11.3 Å². The molecule has 0 bridgehead atoms. The Morgan fingerprint density at radius 3 is 2.39 bits per heavy atom. The van der Waals surface area contributed by atoms with Crippen molar-refractivity contribution in [2.75, 3.05) is 18.5 Å². The zero-order valence-corrected chi connectivity index (χ0v) is 19.1. The number of aryl methyl sites for hydroxylation is 1. The van der Waals surface area contributed by atoms with Gasteiger partial charge in [0.1, 0.15) is 5.75 Å². The van der Waals surface area contributed by atoms with Gasteiger partial charge in [0.15, 0.2) is 11.7 Å². The molecule has 0 saturated heterocycles. The number of nitrogens with two attached hydrogens (primary N) is 1. The summed E-state index contributed by atoms with van der Waals surface area (Å²) < 4.78 is 5.48. The van der Waals surface area contributed by atoms with Crippen molar-refractivity contribution in [3.8, 4) is 17.0 Å². The lowest BCUT2D eigenvalue weighted by atomic mass is 10.1. The van der Waals surface area contributed by atoms with E-state index >= 15 is 0 Å². The standard InChI is InChI=1S/C24H26N4O4S/c1-16(29)26-12-2-3-17-4-8-19(9-5-17)21-15-33-24(27-21)28-23(31)14-32-20-10-6-18(7-11-20)13-22(25)30/h4-11,15H,2-3,12-14H2,1H3,(H2,25,30)(H,26,29)(H,27,28,31). The Bertz CT molecular complexity index is 1090. The molecule has 0 unspecified atom stereocenters. The van der Waals surface area contributed by atoms with E-state index in [1.807, 2.05) is 29.6 Å². The summed E-state index contributed by atoms with van der Waals surface area (Å²) in [5.74, 6) is -0.207. The van der Waals surface area contributed by atoms with Gasteiger partial charge in [-0.25, -0.2) is 4.98 Å². The predicted octanol–water partition coefficient (Wildman–Crippen LogP) is 2.92. The van der Waals surface area contributed by atoms with E-state index in [2.05, 4.69) is 15.6 Å². The van der Waals surface area contributed by atoms with Gasteiger partial charge in [-0.15, -0.1) is 11.3 Å². The number of thiazole rings is 1. The maximum atomic E-state index is 12.2. The van der Waals surface area contributed by atoms with Crippen LogP contribution in [0.2, 0.25) is 0 Å². The van der Waals surface area contributed by atoms with Crippen LogP contribution in [0.5, 0.6) is 5.75 Å². The monoisotopic (exact) mass is 466 g/mol. The molecule has 0 fully saturated rings. The molecule has 3 rings (SSSR count). The number of rotatable bonds is 11. The van der Waals surface area contributed by atoms with Crippen molar-refractivity contribution in [3.63, 3.8) is 0 Å². The number of ether oxygens (including phenoxy) is 1. The van der Waals surface area contributed by atoms with Gasteiger partial charge in [0.25, 0.3) is 5.91 Å². The zero-order valence-electron chi connectivity index (χ0n) is 18.3. The first-order valence-corrected chi connectivity index (χ1v) is 11.4. The molecule has 4 N–H and O–H groups in total. The summed E-state index contributed by atoms with van der Waals surface area (Å²) in [6.45, 7) is 2.02. The third-order valence-corrected chi connectivity index (χ3v) is 5.45. The molecule has 2 aromatic carbocycles. The summed E-state index contributed by atoms with van der Waals surface area (Å²) in [5.41, 5.74) is 8.89. The second kappa shape index (κ2) is 11.8. The van der Waals surface area contributed by atoms with Crippen LogP contribution in [-0.4, -0.2) is 35.9 Å². The number of hydrogen-bond donors (Lipinski definition) is 3. The normalized spacial score (nSPS) is 10.5. The number of carbonyl (C=O) groups excluding carboxylic acids is 3. The van der Waals surface area contributed by atoms with Crippen LogP contribution < -0.4 is 21.1 Å². The quantitative estimate of drug-likeness (QED) is 0.375. The van der Waals surface area contributed by atoms with Crippen molar-refractivity contribution >= 4 is 34.2 Å². The average molecular weight is 467 g/mol. The highest BCUT2D eigenvalue weighted by Crippen LogP contribution is 2.25. The minimum absolute atomic E-state index is 0.0148. The molecule has 1 heterocycles. The highest BCUT2D eigenvalue weighted by molar-refractivity contribution is 7.14. The smallest absolute Gasteiger partial charge is 0.264 e. The van der Waals surface area contributed by atoms with E-state index in [0.717, 1.165) is 29.7 Å². The van der Waals surface area contributed by atoms with Crippen molar-refractivity contribution in [1.29, 1.82) is 0 Å². The summed E-state index contributed by atoms with van der Waals surface area (Å²) in [4.78, 5) is 38.5. The Kier molecular flexibility index (Phi) is 8.54. The fourth-order valence-electron chi connectivity index (χ4n) is 3.07. The van der Waals surface area contributed by atoms with Gasteiger partial charge in [-0.05, 0) is 36.1 Å². The number of benzene rings is 2. The van der Waals surface area contributed by atoms with Crippen LogP contribution >= 0.6 is 11.3 Å². The number of nitrogens with one attached hydrogen (secondary N) is 2. The van der Waals surface area contributed by atoms with Crippen molar-refractivity contribution in [2.24, 2.45) is 5.73 Å².